The molecule has 0 aliphatic rings. The van der Waals surface area contributed by atoms with E-state index in [1.54, 1.807) is 0 Å². The van der Waals surface area contributed by atoms with Crippen LogP contribution in [0.1, 0.15) is 21.5 Å². The quantitative estimate of drug-likeness (QED) is 0.594. The molecule has 0 unspecified atom stereocenters. The molecule has 1 nitrogen and oxygen atoms in total. The van der Waals surface area contributed by atoms with Gasteiger partial charge in [0.2, 0.25) is 0 Å². The van der Waals surface area contributed by atoms with Crippen LogP contribution in [0.4, 0.5) is 0 Å². The number of benzene rings is 2. The van der Waals surface area contributed by atoms with Crippen molar-refractivity contribution in [1.29, 1.82) is 0 Å². The molecule has 2 rings (SSSR count). The van der Waals surface area contributed by atoms with E-state index in [4.69, 9.17) is 0 Å². The molecule has 0 heterocycles. The van der Waals surface area contributed by atoms with Gasteiger partial charge in [-0.05, 0) is 0 Å². The summed E-state index contributed by atoms with van der Waals surface area (Å²) in [6.45, 7) is 0. The van der Waals surface area contributed by atoms with E-state index in [0.717, 1.165) is 17.5 Å². The fourth-order valence-electron chi connectivity index (χ4n) is 1.80. The second-order valence-corrected chi connectivity index (χ2v) is 6.95. The molecule has 18 heavy (non-hydrogen) atoms. The zero-order chi connectivity index (χ0) is 12.8. The molecule has 0 aromatic heterocycles. The van der Waals surface area contributed by atoms with Crippen LogP contribution in [0.15, 0.2) is 54.6 Å². The van der Waals surface area contributed by atoms with E-state index in [-0.39, 0.29) is 26.7 Å². The van der Waals surface area contributed by atoms with Crippen molar-refractivity contribution in [3.63, 3.8) is 0 Å². The van der Waals surface area contributed by atoms with Crippen molar-refractivity contribution >= 4 is 26.7 Å². The van der Waals surface area contributed by atoms with Crippen LogP contribution in [-0.4, -0.2) is 26.7 Å². The van der Waals surface area contributed by atoms with Gasteiger partial charge in [-0.3, -0.25) is 0 Å². The number of ketones is 1. The fourth-order valence-corrected chi connectivity index (χ4v) is 3.05. The van der Waals surface area contributed by atoms with Gasteiger partial charge < -0.3 is 0 Å². The van der Waals surface area contributed by atoms with E-state index in [1.165, 1.54) is 10.0 Å². The zero-order valence-corrected chi connectivity index (χ0v) is 12.8. The number of rotatable bonds is 5. The van der Waals surface area contributed by atoms with Crippen LogP contribution in [0.25, 0.3) is 0 Å². The van der Waals surface area contributed by atoms with E-state index in [1.807, 2.05) is 42.5 Å². The standard InChI is InChI=1S/C16H16OTe/c1-18-12-11-13-7-9-15(10-8-13)16(17)14-5-3-2-4-6-14/h2-10H,11-12H2,1H3. The topological polar surface area (TPSA) is 17.1 Å². The molecule has 0 atom stereocenters. The Morgan fingerprint density at radius 3 is 2.17 bits per heavy atom. The van der Waals surface area contributed by atoms with Crippen LogP contribution in [0.5, 0.6) is 0 Å². The monoisotopic (exact) mass is 354 g/mol. The fraction of sp³-hybridized carbons (Fsp3) is 0.188. The summed E-state index contributed by atoms with van der Waals surface area (Å²) in [6, 6.07) is 17.5. The van der Waals surface area contributed by atoms with E-state index in [2.05, 4.69) is 17.1 Å². The normalized spacial score (nSPS) is 10.3. The summed E-state index contributed by atoms with van der Waals surface area (Å²) in [5, 5.41) is 0. The number of carbonyl (C=O) groups excluding carboxylic acids is 1. The van der Waals surface area contributed by atoms with Gasteiger partial charge in [-0.1, -0.05) is 0 Å². The van der Waals surface area contributed by atoms with Gasteiger partial charge in [-0.15, -0.1) is 0 Å². The molecule has 2 heteroatoms. The Morgan fingerprint density at radius 2 is 1.56 bits per heavy atom. The van der Waals surface area contributed by atoms with Crippen molar-refractivity contribution in [3.8, 4) is 0 Å². The van der Waals surface area contributed by atoms with Gasteiger partial charge in [0.1, 0.15) is 0 Å². The number of aryl methyl sites for hydroxylation is 1. The van der Waals surface area contributed by atoms with Crippen molar-refractivity contribution in [3.05, 3.63) is 71.3 Å². The van der Waals surface area contributed by atoms with Crippen molar-refractivity contribution in [2.24, 2.45) is 0 Å². The van der Waals surface area contributed by atoms with Gasteiger partial charge in [-0.2, -0.15) is 0 Å². The molecular weight excluding hydrogens is 336 g/mol. The van der Waals surface area contributed by atoms with Gasteiger partial charge in [0.25, 0.3) is 0 Å². The van der Waals surface area contributed by atoms with E-state index in [0.29, 0.717) is 0 Å². The summed E-state index contributed by atoms with van der Waals surface area (Å²) in [6.07, 6.45) is 1.15. The Bertz CT molecular complexity index is 502. The molecule has 0 N–H and O–H groups in total. The Balaban J connectivity index is 2.12. The predicted octanol–water partition coefficient (Wildman–Crippen LogP) is 3.63. The molecule has 0 saturated heterocycles. The number of hydrogen-bond acceptors (Lipinski definition) is 1. The van der Waals surface area contributed by atoms with Crippen LogP contribution in [0.2, 0.25) is 9.44 Å². The zero-order valence-electron chi connectivity index (χ0n) is 10.4. The average molecular weight is 352 g/mol. The molecule has 0 aliphatic carbocycles. The molecule has 2 aromatic carbocycles. The van der Waals surface area contributed by atoms with Gasteiger partial charge in [0.15, 0.2) is 0 Å². The van der Waals surface area contributed by atoms with Crippen LogP contribution < -0.4 is 0 Å². The minimum absolute atomic E-state index is 0.103. The van der Waals surface area contributed by atoms with Crippen molar-refractivity contribution in [1.82, 2.24) is 0 Å². The second-order valence-electron chi connectivity index (χ2n) is 4.13. The first kappa shape index (κ1) is 13.3. The van der Waals surface area contributed by atoms with Crippen molar-refractivity contribution in [2.45, 2.75) is 15.9 Å². The maximum absolute atomic E-state index is 12.2. The SMILES string of the molecule is C[Te]CCc1ccc(C(=O)c2ccccc2)cc1. The molecule has 0 aliphatic heterocycles. The Morgan fingerprint density at radius 1 is 0.944 bits per heavy atom. The summed E-state index contributed by atoms with van der Waals surface area (Å²) in [7, 11) is 0. The summed E-state index contributed by atoms with van der Waals surface area (Å²) in [5.41, 5.74) is 2.87. The molecule has 0 saturated carbocycles. The minimum atomic E-state index is 0.103. The third-order valence-corrected chi connectivity index (χ3v) is 4.59. The van der Waals surface area contributed by atoms with Gasteiger partial charge >= 0.3 is 119 Å². The molecule has 0 spiro atoms. The van der Waals surface area contributed by atoms with E-state index >= 15 is 0 Å². The van der Waals surface area contributed by atoms with Crippen LogP contribution in [0.3, 0.4) is 0 Å². The first-order chi connectivity index (χ1) is 8.81. The average Bonchev–Trinajstić information content (AvgIpc) is 2.46. The van der Waals surface area contributed by atoms with E-state index in [9.17, 15) is 4.79 Å². The molecule has 0 radical (unpaired) electrons. The van der Waals surface area contributed by atoms with Gasteiger partial charge in [-0.25, -0.2) is 0 Å². The van der Waals surface area contributed by atoms with Crippen molar-refractivity contribution in [2.75, 3.05) is 0 Å². The third-order valence-electron chi connectivity index (χ3n) is 2.85. The molecule has 0 amide bonds. The Labute approximate surface area is 118 Å². The van der Waals surface area contributed by atoms with Gasteiger partial charge in [0, 0.05) is 0 Å². The van der Waals surface area contributed by atoms with Crippen LogP contribution in [0, 0.1) is 0 Å². The summed E-state index contributed by atoms with van der Waals surface area (Å²) in [4.78, 5) is 14.5. The summed E-state index contributed by atoms with van der Waals surface area (Å²) in [5.74, 6) is 0.103. The molecule has 0 fully saturated rings. The summed E-state index contributed by atoms with van der Waals surface area (Å²) < 4.78 is 1.33. The number of carbonyl (C=O) groups is 1. The van der Waals surface area contributed by atoms with Crippen LogP contribution >= 0.6 is 0 Å². The number of hydrogen-bond donors (Lipinski definition) is 0. The first-order valence-corrected chi connectivity index (χ1v) is 9.96. The molecule has 92 valence electrons. The molecule has 0 bridgehead atoms. The molecular formula is C16H16OTe. The van der Waals surface area contributed by atoms with E-state index < -0.39 is 0 Å². The second kappa shape index (κ2) is 6.73. The Hall–Kier alpha value is -1.10. The summed E-state index contributed by atoms with van der Waals surface area (Å²) >= 11 is 0.204. The van der Waals surface area contributed by atoms with Gasteiger partial charge in [0.05, 0.1) is 0 Å². The molecule has 2 aromatic rings. The maximum atomic E-state index is 12.2. The Kier molecular flexibility index (Phi) is 4.99. The third kappa shape index (κ3) is 3.45. The predicted molar refractivity (Wildman–Crippen MR) is 76.4 cm³/mol. The first-order valence-electron chi connectivity index (χ1n) is 5.99. The van der Waals surface area contributed by atoms with Crippen molar-refractivity contribution < 1.29 is 4.79 Å². The van der Waals surface area contributed by atoms with Crippen LogP contribution in [-0.2, 0) is 6.42 Å².